The third-order valence-corrected chi connectivity index (χ3v) is 3.20. The number of ketones is 1. The number of carbonyl (C=O) groups is 1. The maximum Gasteiger partial charge on any atom is 0.212 e. The van der Waals surface area contributed by atoms with E-state index in [-0.39, 0.29) is 5.78 Å². The van der Waals surface area contributed by atoms with Gasteiger partial charge >= 0.3 is 0 Å². The molecule has 3 rings (SSSR count). The van der Waals surface area contributed by atoms with Crippen molar-refractivity contribution in [2.45, 2.75) is 25.5 Å². The fraction of sp³-hybridized carbons (Fsp3) is 0.333. The minimum Gasteiger partial charge on any atom is -0.490 e. The lowest BCUT2D eigenvalue weighted by molar-refractivity contribution is 0.103. The van der Waals surface area contributed by atoms with Crippen LogP contribution in [0.3, 0.4) is 0 Å². The molecular weight excluding hydrogens is 254 g/mol. The van der Waals surface area contributed by atoms with Gasteiger partial charge in [0.1, 0.15) is 11.4 Å². The first-order valence-electron chi connectivity index (χ1n) is 6.79. The van der Waals surface area contributed by atoms with E-state index in [9.17, 15) is 4.79 Å². The maximum absolute atomic E-state index is 12.3. The normalized spacial score (nSPS) is 14.2. The molecule has 5 nitrogen and oxygen atoms in total. The molecule has 5 heteroatoms. The lowest BCUT2D eigenvalue weighted by atomic mass is 10.1. The molecule has 1 aliphatic rings. The summed E-state index contributed by atoms with van der Waals surface area (Å²) in [4.78, 5) is 16.4. The molecule has 20 heavy (non-hydrogen) atoms. The van der Waals surface area contributed by atoms with Crippen LogP contribution in [0.15, 0.2) is 36.8 Å². The van der Waals surface area contributed by atoms with Crippen molar-refractivity contribution in [3.63, 3.8) is 0 Å². The molecule has 0 spiro atoms. The van der Waals surface area contributed by atoms with Crippen molar-refractivity contribution < 1.29 is 9.53 Å². The second kappa shape index (κ2) is 5.46. The molecule has 0 bridgehead atoms. The summed E-state index contributed by atoms with van der Waals surface area (Å²) >= 11 is 0. The number of ether oxygens (including phenoxy) is 1. The van der Waals surface area contributed by atoms with E-state index < -0.39 is 0 Å². The van der Waals surface area contributed by atoms with Gasteiger partial charge in [0.2, 0.25) is 5.78 Å². The van der Waals surface area contributed by atoms with Gasteiger partial charge in [0, 0.05) is 24.8 Å². The molecule has 1 aromatic heterocycles. The number of hydrogen-bond donors (Lipinski definition) is 1. The predicted molar refractivity (Wildman–Crippen MR) is 74.8 cm³/mol. The molecule has 0 aliphatic heterocycles. The Balaban J connectivity index is 1.71. The van der Waals surface area contributed by atoms with E-state index in [4.69, 9.17) is 10.5 Å². The Morgan fingerprint density at radius 2 is 2.10 bits per heavy atom. The Kier molecular flexibility index (Phi) is 3.52. The van der Waals surface area contributed by atoms with Crippen LogP contribution in [0.1, 0.15) is 28.9 Å². The molecule has 0 amide bonds. The molecule has 2 aromatic rings. The van der Waals surface area contributed by atoms with Gasteiger partial charge in [-0.05, 0) is 37.1 Å². The molecule has 1 fully saturated rings. The zero-order valence-corrected chi connectivity index (χ0v) is 11.2. The maximum atomic E-state index is 12.3. The number of benzene rings is 1. The third-order valence-electron chi connectivity index (χ3n) is 3.20. The van der Waals surface area contributed by atoms with Crippen LogP contribution in [-0.2, 0) is 6.54 Å². The van der Waals surface area contributed by atoms with Crippen molar-refractivity contribution in [3.8, 4) is 5.75 Å². The van der Waals surface area contributed by atoms with Gasteiger partial charge in [-0.3, -0.25) is 4.79 Å². The largest absolute Gasteiger partial charge is 0.490 e. The number of carbonyl (C=O) groups excluding carboxylic acids is 1. The zero-order valence-electron chi connectivity index (χ0n) is 11.2. The van der Waals surface area contributed by atoms with Crippen LogP contribution in [0.25, 0.3) is 0 Å². The molecular formula is C15H17N3O2. The van der Waals surface area contributed by atoms with Crippen molar-refractivity contribution >= 4 is 5.78 Å². The monoisotopic (exact) mass is 271 g/mol. The standard InChI is InChI=1S/C15H17N3O2/c16-7-8-18-9-14(17-10-18)15(19)11-1-3-12(4-2-11)20-13-5-6-13/h1-4,9-10,13H,5-8,16H2. The Hall–Kier alpha value is -2.14. The molecule has 1 aliphatic carbocycles. The number of nitrogens with zero attached hydrogens (tertiary/aromatic N) is 2. The van der Waals surface area contributed by atoms with Gasteiger partial charge in [-0.15, -0.1) is 0 Å². The summed E-state index contributed by atoms with van der Waals surface area (Å²) in [6, 6.07) is 7.23. The lowest BCUT2D eigenvalue weighted by Crippen LogP contribution is -2.08. The fourth-order valence-corrected chi connectivity index (χ4v) is 1.96. The lowest BCUT2D eigenvalue weighted by Gasteiger charge is -2.04. The molecule has 0 unspecified atom stereocenters. The van der Waals surface area contributed by atoms with Crippen LogP contribution in [0.4, 0.5) is 0 Å². The van der Waals surface area contributed by atoms with Gasteiger partial charge in [-0.25, -0.2) is 4.98 Å². The molecule has 1 aromatic carbocycles. The van der Waals surface area contributed by atoms with Gasteiger partial charge < -0.3 is 15.0 Å². The highest BCUT2D eigenvalue weighted by Crippen LogP contribution is 2.26. The smallest absolute Gasteiger partial charge is 0.212 e. The van der Waals surface area contributed by atoms with Crippen molar-refractivity contribution in [2.24, 2.45) is 5.73 Å². The molecule has 0 radical (unpaired) electrons. The highest BCUT2D eigenvalue weighted by atomic mass is 16.5. The molecule has 1 saturated carbocycles. The molecule has 104 valence electrons. The highest BCUT2D eigenvalue weighted by molar-refractivity contribution is 6.07. The summed E-state index contributed by atoms with van der Waals surface area (Å²) < 4.78 is 7.47. The van der Waals surface area contributed by atoms with Gasteiger partial charge in [-0.2, -0.15) is 0 Å². The van der Waals surface area contributed by atoms with Crippen LogP contribution >= 0.6 is 0 Å². The minimum atomic E-state index is -0.0845. The number of aromatic nitrogens is 2. The number of hydrogen-bond acceptors (Lipinski definition) is 4. The number of imidazole rings is 1. The molecule has 1 heterocycles. The summed E-state index contributed by atoms with van der Waals surface area (Å²) in [5.41, 5.74) is 6.53. The SMILES string of the molecule is NCCn1cnc(C(=O)c2ccc(OC3CC3)cc2)c1. The molecule has 0 saturated heterocycles. The van der Waals surface area contributed by atoms with E-state index in [0.29, 0.717) is 30.5 Å². The Labute approximate surface area is 117 Å². The summed E-state index contributed by atoms with van der Waals surface area (Å²) in [6.45, 7) is 1.19. The van der Waals surface area contributed by atoms with Crippen LogP contribution in [0, 0.1) is 0 Å². The second-order valence-electron chi connectivity index (χ2n) is 4.96. The van der Waals surface area contributed by atoms with E-state index in [1.807, 2.05) is 16.7 Å². The van der Waals surface area contributed by atoms with E-state index in [1.54, 1.807) is 24.7 Å². The average molecular weight is 271 g/mol. The molecule has 0 atom stereocenters. The minimum absolute atomic E-state index is 0.0845. The average Bonchev–Trinajstić information content (AvgIpc) is 3.15. The Morgan fingerprint density at radius 3 is 2.75 bits per heavy atom. The Morgan fingerprint density at radius 1 is 1.35 bits per heavy atom. The quantitative estimate of drug-likeness (QED) is 0.810. The van der Waals surface area contributed by atoms with Crippen molar-refractivity contribution in [3.05, 3.63) is 48.0 Å². The van der Waals surface area contributed by atoms with E-state index in [1.165, 1.54) is 0 Å². The van der Waals surface area contributed by atoms with Gasteiger partial charge in [0.15, 0.2) is 0 Å². The Bertz CT molecular complexity index is 600. The highest BCUT2D eigenvalue weighted by Gasteiger charge is 2.23. The van der Waals surface area contributed by atoms with Crippen molar-refractivity contribution in [1.29, 1.82) is 0 Å². The number of rotatable bonds is 6. The van der Waals surface area contributed by atoms with Crippen molar-refractivity contribution in [1.82, 2.24) is 9.55 Å². The first-order valence-corrected chi connectivity index (χ1v) is 6.79. The first kappa shape index (κ1) is 12.9. The van der Waals surface area contributed by atoms with E-state index >= 15 is 0 Å². The molecule has 2 N–H and O–H groups in total. The summed E-state index contributed by atoms with van der Waals surface area (Å²) in [5.74, 6) is 0.733. The second-order valence-corrected chi connectivity index (χ2v) is 4.96. The topological polar surface area (TPSA) is 70.1 Å². The zero-order chi connectivity index (χ0) is 13.9. The summed E-state index contributed by atoms with van der Waals surface area (Å²) in [6.07, 6.45) is 5.97. The van der Waals surface area contributed by atoms with Crippen LogP contribution in [0.2, 0.25) is 0 Å². The third kappa shape index (κ3) is 2.88. The number of nitrogens with two attached hydrogens (primary N) is 1. The van der Waals surface area contributed by atoms with E-state index in [0.717, 1.165) is 18.6 Å². The summed E-state index contributed by atoms with van der Waals surface area (Å²) in [5, 5.41) is 0. The van der Waals surface area contributed by atoms with Crippen LogP contribution < -0.4 is 10.5 Å². The fourth-order valence-electron chi connectivity index (χ4n) is 1.96. The first-order chi connectivity index (χ1) is 9.76. The van der Waals surface area contributed by atoms with Crippen LogP contribution in [-0.4, -0.2) is 28.0 Å². The van der Waals surface area contributed by atoms with Crippen LogP contribution in [0.5, 0.6) is 5.75 Å². The van der Waals surface area contributed by atoms with Gasteiger partial charge in [0.25, 0.3) is 0 Å². The predicted octanol–water partition coefficient (Wildman–Crippen LogP) is 1.61. The van der Waals surface area contributed by atoms with Crippen molar-refractivity contribution in [2.75, 3.05) is 6.54 Å². The van der Waals surface area contributed by atoms with Gasteiger partial charge in [0.05, 0.1) is 12.4 Å². The summed E-state index contributed by atoms with van der Waals surface area (Å²) in [7, 11) is 0. The van der Waals surface area contributed by atoms with E-state index in [2.05, 4.69) is 4.98 Å². The van der Waals surface area contributed by atoms with Gasteiger partial charge in [-0.1, -0.05) is 0 Å².